The summed E-state index contributed by atoms with van der Waals surface area (Å²) in [5.74, 6) is 5.03. The minimum absolute atomic E-state index is 0.0837. The molecule has 5 N–H and O–H groups in total. The number of aryl methyl sites for hydroxylation is 2. The first-order valence-electron chi connectivity index (χ1n) is 11.9. The number of amides is 1. The lowest BCUT2D eigenvalue weighted by Crippen LogP contribution is -2.33. The molecule has 0 saturated carbocycles. The Balaban J connectivity index is 1.82. The molecule has 5 nitrogen and oxygen atoms in total. The van der Waals surface area contributed by atoms with Gasteiger partial charge in [0.05, 0.1) is 17.0 Å². The van der Waals surface area contributed by atoms with Crippen molar-refractivity contribution < 1.29 is 18.0 Å². The highest BCUT2D eigenvalue weighted by molar-refractivity contribution is 7.99. The van der Waals surface area contributed by atoms with E-state index in [4.69, 9.17) is 11.6 Å². The number of nitrogens with zero attached hydrogens (tertiary/aromatic N) is 1. The number of hydrazone groups is 1. The molecule has 0 aliphatic rings. The number of rotatable bonds is 10. The lowest BCUT2D eigenvalue weighted by molar-refractivity contribution is -0.137. The van der Waals surface area contributed by atoms with Gasteiger partial charge in [0.1, 0.15) is 5.84 Å². The molecule has 0 saturated heterocycles. The molecule has 1 heterocycles. The van der Waals surface area contributed by atoms with Crippen LogP contribution in [0.15, 0.2) is 58.5 Å². The number of carbonyl (C=O) groups is 1. The van der Waals surface area contributed by atoms with Crippen LogP contribution in [0, 0.1) is 13.8 Å². The van der Waals surface area contributed by atoms with Crippen molar-refractivity contribution in [2.75, 3.05) is 6.54 Å². The van der Waals surface area contributed by atoms with Gasteiger partial charge in [0.15, 0.2) is 0 Å². The van der Waals surface area contributed by atoms with E-state index in [9.17, 15) is 18.0 Å². The standard InChI is InChI=1S/C27H31F3N4OS2/c1-4-5-6-21(22-11-12-23(37-22)26(35)33-15-24(31)34-32)36-20-13-16(2)25(17(3)14-20)18-7-9-19(10-8-18)27(28,29)30/h7-14,21H,4-6,15,32H2,1-3H3,(H2,31,34)(H,33,35). The average molecular weight is 549 g/mol. The molecule has 10 heteroatoms. The molecule has 2 aromatic carbocycles. The summed E-state index contributed by atoms with van der Waals surface area (Å²) >= 11 is 3.19. The van der Waals surface area contributed by atoms with Crippen LogP contribution in [-0.2, 0) is 6.18 Å². The Kier molecular flexibility index (Phi) is 9.67. The largest absolute Gasteiger partial charge is 0.416 e. The maximum absolute atomic E-state index is 13.0. The van der Waals surface area contributed by atoms with E-state index in [1.807, 2.05) is 26.0 Å². The van der Waals surface area contributed by atoms with Crippen LogP contribution in [0.25, 0.3) is 11.1 Å². The van der Waals surface area contributed by atoms with Crippen molar-refractivity contribution in [2.45, 2.75) is 56.4 Å². The lowest BCUT2D eigenvalue weighted by Gasteiger charge is -2.18. The molecule has 3 rings (SSSR count). The van der Waals surface area contributed by atoms with Gasteiger partial charge >= 0.3 is 6.18 Å². The number of alkyl halides is 3. The van der Waals surface area contributed by atoms with Crippen molar-refractivity contribution in [3.8, 4) is 11.1 Å². The summed E-state index contributed by atoms with van der Waals surface area (Å²) in [5.41, 5.74) is 8.61. The third kappa shape index (κ3) is 7.52. The highest BCUT2D eigenvalue weighted by Crippen LogP contribution is 2.43. The van der Waals surface area contributed by atoms with E-state index < -0.39 is 11.7 Å². The number of benzene rings is 2. The molecule has 3 aromatic rings. The van der Waals surface area contributed by atoms with Crippen molar-refractivity contribution in [2.24, 2.45) is 16.7 Å². The summed E-state index contributed by atoms with van der Waals surface area (Å²) < 4.78 is 38.9. The summed E-state index contributed by atoms with van der Waals surface area (Å²) in [4.78, 5) is 15.3. The van der Waals surface area contributed by atoms with E-state index in [-0.39, 0.29) is 23.5 Å². The second-order valence-electron chi connectivity index (χ2n) is 8.76. The predicted molar refractivity (Wildman–Crippen MR) is 147 cm³/mol. The van der Waals surface area contributed by atoms with E-state index in [1.54, 1.807) is 11.8 Å². The van der Waals surface area contributed by atoms with Gasteiger partial charge in [-0.15, -0.1) is 23.1 Å². The number of hydrogen-bond acceptors (Lipinski definition) is 5. The number of nitrogens with two attached hydrogens (primary N) is 2. The smallest absolute Gasteiger partial charge is 0.384 e. The van der Waals surface area contributed by atoms with Gasteiger partial charge in [0.25, 0.3) is 5.91 Å². The number of hydrogen-bond donors (Lipinski definition) is 3. The summed E-state index contributed by atoms with van der Waals surface area (Å²) in [5, 5.41) is 6.23. The van der Waals surface area contributed by atoms with Crippen LogP contribution < -0.4 is 16.9 Å². The van der Waals surface area contributed by atoms with Crippen molar-refractivity contribution >= 4 is 34.8 Å². The molecule has 0 aliphatic carbocycles. The van der Waals surface area contributed by atoms with Gasteiger partial charge in [0.2, 0.25) is 0 Å². The lowest BCUT2D eigenvalue weighted by atomic mass is 9.95. The summed E-state index contributed by atoms with van der Waals surface area (Å²) in [6.07, 6.45) is -1.31. The SMILES string of the molecule is CCCCC(Sc1cc(C)c(-c2ccc(C(F)(F)F)cc2)c(C)c1)c1ccc(C(=O)NC/C(N)=N/N)s1. The monoisotopic (exact) mass is 548 g/mol. The molecule has 198 valence electrons. The molecule has 0 bridgehead atoms. The van der Waals surface area contributed by atoms with Crippen molar-refractivity contribution in [3.63, 3.8) is 0 Å². The zero-order valence-corrected chi connectivity index (χ0v) is 22.6. The maximum atomic E-state index is 13.0. The zero-order valence-electron chi connectivity index (χ0n) is 21.0. The molecule has 1 aromatic heterocycles. The molecular formula is C27H31F3N4OS2. The molecule has 1 unspecified atom stereocenters. The Hall–Kier alpha value is -2.98. The van der Waals surface area contributed by atoms with Gasteiger partial charge in [-0.3, -0.25) is 4.79 Å². The Bertz CT molecular complexity index is 1230. The summed E-state index contributed by atoms with van der Waals surface area (Å²) in [6, 6.07) is 13.3. The van der Waals surface area contributed by atoms with Crippen LogP contribution in [0.1, 0.15) is 62.7 Å². The van der Waals surface area contributed by atoms with Crippen molar-refractivity contribution in [3.05, 3.63) is 75.0 Å². The summed E-state index contributed by atoms with van der Waals surface area (Å²) in [6.45, 7) is 6.19. The quantitative estimate of drug-likeness (QED) is 0.0833. The molecule has 0 fully saturated rings. The fourth-order valence-electron chi connectivity index (χ4n) is 4.04. The van der Waals surface area contributed by atoms with E-state index in [1.165, 1.54) is 23.5 Å². The van der Waals surface area contributed by atoms with Gasteiger partial charge in [-0.2, -0.15) is 18.3 Å². The molecular weight excluding hydrogens is 517 g/mol. The fraction of sp³-hybridized carbons (Fsp3) is 0.333. The third-order valence-corrected chi connectivity index (χ3v) is 8.50. The van der Waals surface area contributed by atoms with E-state index in [0.717, 1.165) is 63.4 Å². The van der Waals surface area contributed by atoms with Crippen LogP contribution in [0.2, 0.25) is 0 Å². The predicted octanol–water partition coefficient (Wildman–Crippen LogP) is 7.04. The molecule has 0 radical (unpaired) electrons. The minimum atomic E-state index is -4.36. The topological polar surface area (TPSA) is 93.5 Å². The van der Waals surface area contributed by atoms with Gasteiger partial charge in [0, 0.05) is 15.0 Å². The number of amidine groups is 1. The number of nitrogens with one attached hydrogen (secondary N) is 1. The molecule has 0 aliphatic heterocycles. The van der Waals surface area contributed by atoms with E-state index >= 15 is 0 Å². The van der Waals surface area contributed by atoms with Crippen LogP contribution in [0.3, 0.4) is 0 Å². The highest BCUT2D eigenvalue weighted by Gasteiger charge is 2.30. The normalized spacial score (nSPS) is 13.0. The van der Waals surface area contributed by atoms with E-state index in [0.29, 0.717) is 4.88 Å². The second-order valence-corrected chi connectivity index (χ2v) is 11.2. The molecule has 0 spiro atoms. The number of thiophene rings is 1. The Morgan fingerprint density at radius 1 is 1.11 bits per heavy atom. The third-order valence-electron chi connectivity index (χ3n) is 5.87. The maximum Gasteiger partial charge on any atom is 0.416 e. The highest BCUT2D eigenvalue weighted by atomic mass is 32.2. The van der Waals surface area contributed by atoms with Gasteiger partial charge in [-0.05, 0) is 78.9 Å². The molecule has 1 amide bonds. The van der Waals surface area contributed by atoms with Gasteiger partial charge in [-0.25, -0.2) is 0 Å². The van der Waals surface area contributed by atoms with E-state index in [2.05, 4.69) is 29.5 Å². The number of thioether (sulfide) groups is 1. The minimum Gasteiger partial charge on any atom is -0.384 e. The zero-order chi connectivity index (χ0) is 27.2. The van der Waals surface area contributed by atoms with Crippen molar-refractivity contribution in [1.29, 1.82) is 0 Å². The first-order chi connectivity index (χ1) is 17.5. The molecule has 37 heavy (non-hydrogen) atoms. The number of unbranched alkanes of at least 4 members (excludes halogenated alkanes) is 1. The summed E-state index contributed by atoms with van der Waals surface area (Å²) in [7, 11) is 0. The first-order valence-corrected chi connectivity index (χ1v) is 13.6. The Morgan fingerprint density at radius 2 is 1.76 bits per heavy atom. The number of halogens is 3. The second kappa shape index (κ2) is 12.5. The number of carbonyl (C=O) groups excluding carboxylic acids is 1. The average Bonchev–Trinajstić information content (AvgIpc) is 3.34. The Labute approximate surface area is 223 Å². The van der Waals surface area contributed by atoms with Crippen molar-refractivity contribution in [1.82, 2.24) is 5.32 Å². The van der Waals surface area contributed by atoms with Gasteiger partial charge in [-0.1, -0.05) is 31.9 Å². The van der Waals surface area contributed by atoms with Gasteiger partial charge < -0.3 is 16.9 Å². The van der Waals surface area contributed by atoms with Crippen LogP contribution >= 0.6 is 23.1 Å². The first kappa shape index (κ1) is 28.6. The van der Waals surface area contributed by atoms with Crippen LogP contribution in [0.4, 0.5) is 13.2 Å². The van der Waals surface area contributed by atoms with Crippen LogP contribution in [0.5, 0.6) is 0 Å². The Morgan fingerprint density at radius 3 is 2.32 bits per heavy atom. The molecule has 1 atom stereocenters. The van der Waals surface area contributed by atoms with Crippen LogP contribution in [-0.4, -0.2) is 18.3 Å². The fourth-order valence-corrected chi connectivity index (χ4v) is 6.56.